The Morgan fingerprint density at radius 3 is 1.41 bits per heavy atom. The first-order valence-corrected chi connectivity index (χ1v) is 16.6. The second kappa shape index (κ2) is 19.6. The first-order chi connectivity index (χ1) is 13.3. The Bertz CT molecular complexity index is 573. The normalized spacial score (nSPS) is 11.2. The molecule has 1 aromatic carbocycles. The van der Waals surface area contributed by atoms with Gasteiger partial charge in [-0.25, -0.2) is 0 Å². The molecule has 0 aliphatic carbocycles. The first kappa shape index (κ1) is 32.1. The fourth-order valence-corrected chi connectivity index (χ4v) is 3.51. The molecule has 0 spiro atoms. The minimum Gasteiger partial charge on any atom is -0.325 e. The number of hydrogen-bond acceptors (Lipinski definition) is 2. The third kappa shape index (κ3) is 36.6. The summed E-state index contributed by atoms with van der Waals surface area (Å²) in [5.74, 6) is 0. The molecule has 0 atom stereocenters. The van der Waals surface area contributed by atoms with E-state index in [2.05, 4.69) is 54.8 Å². The summed E-state index contributed by atoms with van der Waals surface area (Å²) in [6, 6.07) is 8.95. The summed E-state index contributed by atoms with van der Waals surface area (Å²) < 4.78 is 1.58. The predicted octanol–water partition coefficient (Wildman–Crippen LogP) is 3.70. The van der Waals surface area contributed by atoms with Crippen molar-refractivity contribution in [1.82, 2.24) is 0 Å². The SMILES string of the molecule is CCCCCCCCCCCCc1cccc[c]1[Zn].OP(O)(O)=S.OP(O)(O)=S. The zero-order valence-electron chi connectivity index (χ0n) is 17.2. The second-order valence-corrected chi connectivity index (χ2v) is 13.3. The van der Waals surface area contributed by atoms with Gasteiger partial charge in [0.05, 0.1) is 0 Å². The molecule has 0 aliphatic heterocycles. The fraction of sp³-hybridized carbons (Fsp3) is 0.667. The van der Waals surface area contributed by atoms with Crippen molar-refractivity contribution in [3.63, 3.8) is 0 Å². The van der Waals surface area contributed by atoms with E-state index in [1.165, 1.54) is 88.9 Å². The van der Waals surface area contributed by atoms with Gasteiger partial charge in [0.1, 0.15) is 0 Å². The zero-order chi connectivity index (χ0) is 22.8. The maximum atomic E-state index is 7.56. The third-order valence-corrected chi connectivity index (χ3v) is 5.37. The van der Waals surface area contributed by atoms with E-state index < -0.39 is 13.4 Å². The minimum atomic E-state index is -3.81. The molecule has 0 heterocycles. The predicted molar refractivity (Wildman–Crippen MR) is 124 cm³/mol. The zero-order valence-corrected chi connectivity index (χ0v) is 23.6. The number of aryl methyl sites for hydroxylation is 1. The molecule has 6 nitrogen and oxygen atoms in total. The average molecular weight is 539 g/mol. The van der Waals surface area contributed by atoms with E-state index in [-0.39, 0.29) is 0 Å². The van der Waals surface area contributed by atoms with Gasteiger partial charge < -0.3 is 29.4 Å². The summed E-state index contributed by atoms with van der Waals surface area (Å²) in [4.78, 5) is 45.3. The Morgan fingerprint density at radius 2 is 1.03 bits per heavy atom. The van der Waals surface area contributed by atoms with Crippen LogP contribution >= 0.6 is 13.4 Å². The fourth-order valence-electron chi connectivity index (χ4n) is 2.60. The van der Waals surface area contributed by atoms with Crippen molar-refractivity contribution in [3.8, 4) is 0 Å². The van der Waals surface area contributed by atoms with Crippen LogP contribution in [0, 0.1) is 0 Å². The van der Waals surface area contributed by atoms with Crippen molar-refractivity contribution in [2.75, 3.05) is 0 Å². The summed E-state index contributed by atoms with van der Waals surface area (Å²) in [5.41, 5.74) is 1.60. The smallest absolute Gasteiger partial charge is 0.319 e. The quantitative estimate of drug-likeness (QED) is 0.143. The van der Waals surface area contributed by atoms with Crippen LogP contribution in [0.15, 0.2) is 24.3 Å². The maximum Gasteiger partial charge on any atom is 0.319 e. The Labute approximate surface area is 195 Å². The Balaban J connectivity index is 0. The summed E-state index contributed by atoms with van der Waals surface area (Å²) in [6.45, 7) is -5.32. The number of rotatable bonds is 11. The van der Waals surface area contributed by atoms with Gasteiger partial charge >= 0.3 is 130 Å². The van der Waals surface area contributed by atoms with Crippen molar-refractivity contribution in [2.24, 2.45) is 0 Å². The molecule has 0 aliphatic rings. The van der Waals surface area contributed by atoms with Crippen molar-refractivity contribution in [1.29, 1.82) is 0 Å². The molecule has 1 aromatic rings. The maximum absolute atomic E-state index is 7.56. The molecule has 0 amide bonds. The van der Waals surface area contributed by atoms with Crippen molar-refractivity contribution in [2.45, 2.75) is 77.6 Å². The van der Waals surface area contributed by atoms with Crippen molar-refractivity contribution >= 4 is 41.2 Å². The van der Waals surface area contributed by atoms with E-state index in [9.17, 15) is 0 Å². The number of benzene rings is 1. The molecule has 6 N–H and O–H groups in total. The van der Waals surface area contributed by atoms with Crippen molar-refractivity contribution < 1.29 is 47.7 Å². The molecule has 11 heteroatoms. The minimum absolute atomic E-state index is 1.30. The Hall–Kier alpha value is 0.903. The van der Waals surface area contributed by atoms with Gasteiger partial charge in [-0.1, -0.05) is 13.3 Å². The second-order valence-electron chi connectivity index (χ2n) is 6.73. The van der Waals surface area contributed by atoms with Crippen LogP contribution in [0.2, 0.25) is 0 Å². The van der Waals surface area contributed by atoms with Crippen LogP contribution in [-0.2, 0) is 48.3 Å². The molecular weight excluding hydrogens is 504 g/mol. The first-order valence-electron chi connectivity index (χ1n) is 9.81. The molecule has 0 radical (unpaired) electrons. The molecule has 29 heavy (non-hydrogen) atoms. The van der Waals surface area contributed by atoms with E-state index in [1.807, 2.05) is 0 Å². The van der Waals surface area contributed by atoms with Gasteiger partial charge in [0, 0.05) is 0 Å². The van der Waals surface area contributed by atoms with Crippen molar-refractivity contribution in [3.05, 3.63) is 29.8 Å². The van der Waals surface area contributed by atoms with E-state index >= 15 is 0 Å². The standard InChI is InChI=1S/C18H29.2H3O3PS.Zn/c1-2-3-4-5-6-7-8-9-10-12-15-18-16-13-11-14-17-18;2*1-4(2,3)5;/h11,13-14,16H,2-10,12,15H2,1H3;2*(H3,1,2,3,5);. The van der Waals surface area contributed by atoms with Gasteiger partial charge in [0.25, 0.3) is 0 Å². The van der Waals surface area contributed by atoms with Crippen LogP contribution < -0.4 is 4.16 Å². The molecule has 1 rings (SSSR count). The largest absolute Gasteiger partial charge is 0.325 e. The van der Waals surface area contributed by atoms with Crippen LogP contribution in [0.4, 0.5) is 0 Å². The summed E-state index contributed by atoms with van der Waals surface area (Å²) in [7, 11) is 0. The molecule has 0 aromatic heterocycles. The van der Waals surface area contributed by atoms with Gasteiger partial charge in [-0.2, -0.15) is 0 Å². The van der Waals surface area contributed by atoms with E-state index in [0.717, 1.165) is 0 Å². The Kier molecular flexibility index (Phi) is 21.7. The summed E-state index contributed by atoms with van der Waals surface area (Å²) in [5, 5.41) is 0. The molecule has 167 valence electrons. The molecule has 0 saturated carbocycles. The molecule has 0 bridgehead atoms. The van der Waals surface area contributed by atoms with Gasteiger partial charge in [0.2, 0.25) is 0 Å². The van der Waals surface area contributed by atoms with Gasteiger partial charge in [-0.15, -0.1) is 0 Å². The van der Waals surface area contributed by atoms with Crippen LogP contribution in [0.5, 0.6) is 0 Å². The van der Waals surface area contributed by atoms with Gasteiger partial charge in [0.15, 0.2) is 0 Å². The number of unbranched alkanes of at least 4 members (excludes halogenated alkanes) is 9. The number of hydrogen-bond donors (Lipinski definition) is 6. The van der Waals surface area contributed by atoms with Crippen LogP contribution in [0.1, 0.15) is 76.7 Å². The van der Waals surface area contributed by atoms with Gasteiger partial charge in [-0.05, 0) is 23.6 Å². The molecule has 0 fully saturated rings. The van der Waals surface area contributed by atoms with E-state index in [1.54, 1.807) is 9.72 Å². The molecule has 0 unspecified atom stereocenters. The molecular formula is C18H35O6P2S2Zn. The average Bonchev–Trinajstić information content (AvgIpc) is 2.55. The van der Waals surface area contributed by atoms with Crippen LogP contribution in [-0.4, -0.2) is 29.4 Å². The Morgan fingerprint density at radius 1 is 0.690 bits per heavy atom. The topological polar surface area (TPSA) is 121 Å². The van der Waals surface area contributed by atoms with Gasteiger partial charge in [-0.3, -0.25) is 0 Å². The monoisotopic (exact) mass is 537 g/mol. The molecule has 0 saturated heterocycles. The van der Waals surface area contributed by atoms with E-state index in [4.69, 9.17) is 29.4 Å². The van der Waals surface area contributed by atoms with Crippen LogP contribution in [0.3, 0.4) is 0 Å². The van der Waals surface area contributed by atoms with Crippen LogP contribution in [0.25, 0.3) is 0 Å². The third-order valence-electron chi connectivity index (χ3n) is 3.92. The van der Waals surface area contributed by atoms with E-state index in [0.29, 0.717) is 0 Å². The summed E-state index contributed by atoms with van der Waals surface area (Å²) >= 11 is 8.51. The summed E-state index contributed by atoms with van der Waals surface area (Å²) in [6.07, 6.45) is 15.6.